The molecular weight excluding hydrogens is 261 g/mol. The standard InChI is InChI=1S/C9H8BrF3O/c1-2-6-5-7(10)3-4-8(6)14-9(11,12)13/h3-5H,2H2,1H3. The highest BCUT2D eigenvalue weighted by Gasteiger charge is 2.31. The largest absolute Gasteiger partial charge is 0.573 e. The number of ether oxygens (including phenoxy) is 1. The second kappa shape index (κ2) is 4.21. The summed E-state index contributed by atoms with van der Waals surface area (Å²) in [5.41, 5.74) is 0.525. The Morgan fingerprint density at radius 1 is 1.36 bits per heavy atom. The van der Waals surface area contributed by atoms with E-state index in [4.69, 9.17) is 0 Å². The molecule has 0 aliphatic rings. The highest BCUT2D eigenvalue weighted by Crippen LogP contribution is 2.28. The van der Waals surface area contributed by atoms with Crippen molar-refractivity contribution >= 4 is 15.9 Å². The Bertz CT molecular complexity index is 322. The van der Waals surface area contributed by atoms with Crippen LogP contribution in [0.1, 0.15) is 12.5 Å². The normalized spacial score (nSPS) is 11.5. The maximum absolute atomic E-state index is 11.9. The minimum atomic E-state index is -4.63. The number of rotatable bonds is 2. The van der Waals surface area contributed by atoms with Crippen LogP contribution in [0.2, 0.25) is 0 Å². The summed E-state index contributed by atoms with van der Waals surface area (Å²) in [7, 11) is 0. The number of alkyl halides is 3. The first kappa shape index (κ1) is 11.4. The van der Waals surface area contributed by atoms with Gasteiger partial charge in [0, 0.05) is 4.47 Å². The lowest BCUT2D eigenvalue weighted by atomic mass is 10.1. The maximum atomic E-state index is 11.9. The SMILES string of the molecule is CCc1cc(Br)ccc1OC(F)(F)F. The van der Waals surface area contributed by atoms with Gasteiger partial charge in [0.15, 0.2) is 0 Å². The molecular formula is C9H8BrF3O. The lowest BCUT2D eigenvalue weighted by Crippen LogP contribution is -2.18. The fourth-order valence-electron chi connectivity index (χ4n) is 1.05. The highest BCUT2D eigenvalue weighted by molar-refractivity contribution is 9.10. The number of halogens is 4. The summed E-state index contributed by atoms with van der Waals surface area (Å²) in [6.45, 7) is 1.77. The van der Waals surface area contributed by atoms with E-state index in [1.807, 2.05) is 0 Å². The van der Waals surface area contributed by atoms with E-state index in [1.165, 1.54) is 12.1 Å². The van der Waals surface area contributed by atoms with Gasteiger partial charge in [-0.25, -0.2) is 0 Å². The second-order valence-electron chi connectivity index (χ2n) is 2.65. The Morgan fingerprint density at radius 3 is 2.50 bits per heavy atom. The van der Waals surface area contributed by atoms with E-state index in [0.29, 0.717) is 12.0 Å². The third kappa shape index (κ3) is 3.21. The van der Waals surface area contributed by atoms with Crippen molar-refractivity contribution < 1.29 is 17.9 Å². The van der Waals surface area contributed by atoms with E-state index in [-0.39, 0.29) is 5.75 Å². The summed E-state index contributed by atoms with van der Waals surface area (Å²) in [6, 6.07) is 4.43. The molecule has 0 atom stereocenters. The number of hydrogen-bond donors (Lipinski definition) is 0. The van der Waals surface area contributed by atoms with Crippen molar-refractivity contribution in [2.45, 2.75) is 19.7 Å². The predicted molar refractivity (Wildman–Crippen MR) is 50.2 cm³/mol. The average Bonchev–Trinajstić information content (AvgIpc) is 2.06. The molecule has 0 heterocycles. The van der Waals surface area contributed by atoms with Crippen molar-refractivity contribution in [1.82, 2.24) is 0 Å². The van der Waals surface area contributed by atoms with Crippen molar-refractivity contribution in [3.8, 4) is 5.75 Å². The molecule has 1 nitrogen and oxygen atoms in total. The van der Waals surface area contributed by atoms with Crippen LogP contribution >= 0.6 is 15.9 Å². The van der Waals surface area contributed by atoms with E-state index in [9.17, 15) is 13.2 Å². The van der Waals surface area contributed by atoms with Crippen LogP contribution in [0.25, 0.3) is 0 Å². The van der Waals surface area contributed by atoms with Gasteiger partial charge in [0.25, 0.3) is 0 Å². The van der Waals surface area contributed by atoms with E-state index < -0.39 is 6.36 Å². The third-order valence-corrected chi connectivity index (χ3v) is 2.12. The fourth-order valence-corrected chi connectivity index (χ4v) is 1.46. The first-order chi connectivity index (χ1) is 6.42. The van der Waals surface area contributed by atoms with Gasteiger partial charge in [-0.05, 0) is 30.2 Å². The van der Waals surface area contributed by atoms with Gasteiger partial charge >= 0.3 is 6.36 Å². The Balaban J connectivity index is 2.97. The van der Waals surface area contributed by atoms with Gasteiger partial charge < -0.3 is 4.74 Å². The zero-order chi connectivity index (χ0) is 10.8. The average molecular weight is 269 g/mol. The molecule has 1 aromatic rings. The Labute approximate surface area is 88.0 Å². The maximum Gasteiger partial charge on any atom is 0.573 e. The number of hydrogen-bond acceptors (Lipinski definition) is 1. The first-order valence-corrected chi connectivity index (χ1v) is 4.76. The van der Waals surface area contributed by atoms with Gasteiger partial charge in [0.05, 0.1) is 0 Å². The molecule has 0 spiro atoms. The van der Waals surface area contributed by atoms with E-state index in [1.54, 1.807) is 13.0 Å². The third-order valence-electron chi connectivity index (χ3n) is 1.63. The molecule has 14 heavy (non-hydrogen) atoms. The van der Waals surface area contributed by atoms with Gasteiger partial charge in [-0.1, -0.05) is 22.9 Å². The van der Waals surface area contributed by atoms with Gasteiger partial charge in [-0.15, -0.1) is 13.2 Å². The van der Waals surface area contributed by atoms with Crippen LogP contribution in [0.5, 0.6) is 5.75 Å². The Morgan fingerprint density at radius 2 is 2.00 bits per heavy atom. The first-order valence-electron chi connectivity index (χ1n) is 3.96. The predicted octanol–water partition coefficient (Wildman–Crippen LogP) is 3.91. The van der Waals surface area contributed by atoms with Crippen LogP contribution in [0.3, 0.4) is 0 Å². The van der Waals surface area contributed by atoms with Crippen molar-refractivity contribution in [3.05, 3.63) is 28.2 Å². The summed E-state index contributed by atoms with van der Waals surface area (Å²) in [6.07, 6.45) is -4.14. The molecule has 1 rings (SSSR count). The molecule has 0 aliphatic heterocycles. The molecule has 0 unspecified atom stereocenters. The van der Waals surface area contributed by atoms with Crippen LogP contribution in [0, 0.1) is 0 Å². The summed E-state index contributed by atoms with van der Waals surface area (Å²) >= 11 is 3.18. The highest BCUT2D eigenvalue weighted by atomic mass is 79.9. The lowest BCUT2D eigenvalue weighted by Gasteiger charge is -2.12. The van der Waals surface area contributed by atoms with Gasteiger partial charge in [0.2, 0.25) is 0 Å². The minimum Gasteiger partial charge on any atom is -0.406 e. The molecule has 5 heteroatoms. The molecule has 0 amide bonds. The summed E-state index contributed by atoms with van der Waals surface area (Å²) in [5.74, 6) is -0.136. The topological polar surface area (TPSA) is 9.23 Å². The summed E-state index contributed by atoms with van der Waals surface area (Å²) in [4.78, 5) is 0. The monoisotopic (exact) mass is 268 g/mol. The molecule has 0 aliphatic carbocycles. The van der Waals surface area contributed by atoms with Gasteiger partial charge in [-0.2, -0.15) is 0 Å². The molecule has 0 N–H and O–H groups in total. The van der Waals surface area contributed by atoms with Crippen LogP contribution in [0.4, 0.5) is 13.2 Å². The van der Waals surface area contributed by atoms with E-state index in [0.717, 1.165) is 4.47 Å². The molecule has 0 saturated heterocycles. The van der Waals surface area contributed by atoms with Crippen molar-refractivity contribution in [2.75, 3.05) is 0 Å². The molecule has 78 valence electrons. The van der Waals surface area contributed by atoms with Crippen LogP contribution in [-0.4, -0.2) is 6.36 Å². The van der Waals surface area contributed by atoms with Gasteiger partial charge in [-0.3, -0.25) is 0 Å². The van der Waals surface area contributed by atoms with Crippen LogP contribution in [-0.2, 0) is 6.42 Å². The number of benzene rings is 1. The van der Waals surface area contributed by atoms with Crippen molar-refractivity contribution in [3.63, 3.8) is 0 Å². The zero-order valence-corrected chi connectivity index (χ0v) is 8.95. The number of aryl methyl sites for hydroxylation is 1. The zero-order valence-electron chi connectivity index (χ0n) is 7.36. The fraction of sp³-hybridized carbons (Fsp3) is 0.333. The van der Waals surface area contributed by atoms with Crippen LogP contribution < -0.4 is 4.74 Å². The lowest BCUT2D eigenvalue weighted by molar-refractivity contribution is -0.274. The molecule has 1 aromatic carbocycles. The van der Waals surface area contributed by atoms with Crippen molar-refractivity contribution in [2.24, 2.45) is 0 Å². The van der Waals surface area contributed by atoms with E-state index >= 15 is 0 Å². The quantitative estimate of drug-likeness (QED) is 0.790. The molecule has 0 saturated carbocycles. The smallest absolute Gasteiger partial charge is 0.406 e. The Kier molecular flexibility index (Phi) is 3.42. The van der Waals surface area contributed by atoms with E-state index in [2.05, 4.69) is 20.7 Å². The second-order valence-corrected chi connectivity index (χ2v) is 3.57. The molecule has 0 fully saturated rings. The molecule has 0 radical (unpaired) electrons. The Hall–Kier alpha value is -0.710. The van der Waals surface area contributed by atoms with Crippen LogP contribution in [0.15, 0.2) is 22.7 Å². The summed E-state index contributed by atoms with van der Waals surface area (Å²) in [5, 5.41) is 0. The van der Waals surface area contributed by atoms with Crippen molar-refractivity contribution in [1.29, 1.82) is 0 Å². The molecule has 0 bridgehead atoms. The molecule has 0 aromatic heterocycles. The van der Waals surface area contributed by atoms with Gasteiger partial charge in [0.1, 0.15) is 5.75 Å². The minimum absolute atomic E-state index is 0.136. The summed E-state index contributed by atoms with van der Waals surface area (Å²) < 4.78 is 40.4.